The standard InChI is InChI=1S/C22H18N2O4S/c1-27-22(26)13-8-6-12(7-9-13)15-10-11-16(28-15)19-23-20(25)18-14-4-2-3-5-17(14)29-21(18)24-19/h6-11H,2-5H2,1H3,(H,23,24,25). The molecule has 0 unspecified atom stereocenters. The molecule has 6 nitrogen and oxygen atoms in total. The van der Waals surface area contributed by atoms with Gasteiger partial charge >= 0.3 is 5.97 Å². The number of furan rings is 1. The Balaban J connectivity index is 1.51. The summed E-state index contributed by atoms with van der Waals surface area (Å²) in [6, 6.07) is 10.6. The molecule has 5 rings (SSSR count). The summed E-state index contributed by atoms with van der Waals surface area (Å²) in [6.07, 6.45) is 4.26. The summed E-state index contributed by atoms with van der Waals surface area (Å²) in [5.41, 5.74) is 2.35. The number of nitrogens with zero attached hydrogens (tertiary/aromatic N) is 1. The van der Waals surface area contributed by atoms with E-state index in [-0.39, 0.29) is 11.5 Å². The number of H-pyrrole nitrogens is 1. The molecule has 0 bridgehead atoms. The van der Waals surface area contributed by atoms with Crippen LogP contribution in [0, 0.1) is 0 Å². The largest absolute Gasteiger partial charge is 0.465 e. The molecule has 0 amide bonds. The second-order valence-electron chi connectivity index (χ2n) is 7.04. The van der Waals surface area contributed by atoms with Crippen molar-refractivity contribution in [2.24, 2.45) is 0 Å². The van der Waals surface area contributed by atoms with Crippen LogP contribution < -0.4 is 5.56 Å². The van der Waals surface area contributed by atoms with E-state index >= 15 is 0 Å². The van der Waals surface area contributed by atoms with Crippen LogP contribution >= 0.6 is 11.3 Å². The van der Waals surface area contributed by atoms with Crippen molar-refractivity contribution in [2.75, 3.05) is 7.11 Å². The van der Waals surface area contributed by atoms with Gasteiger partial charge in [0.2, 0.25) is 0 Å². The zero-order chi connectivity index (χ0) is 20.0. The number of benzene rings is 1. The average molecular weight is 406 g/mol. The Kier molecular flexibility index (Phi) is 4.32. The molecule has 3 aromatic heterocycles. The number of carbonyl (C=O) groups excluding carboxylic acids is 1. The maximum Gasteiger partial charge on any atom is 0.337 e. The first-order valence-corrected chi connectivity index (χ1v) is 10.3. The van der Waals surface area contributed by atoms with E-state index in [1.807, 2.05) is 6.07 Å². The maximum atomic E-state index is 12.7. The van der Waals surface area contributed by atoms with Crippen molar-refractivity contribution in [3.05, 3.63) is 62.8 Å². The molecule has 4 aromatic rings. The predicted octanol–water partition coefficient (Wildman–Crippen LogP) is 4.58. The number of hydrogen-bond acceptors (Lipinski definition) is 6. The minimum absolute atomic E-state index is 0.107. The molecule has 7 heteroatoms. The molecule has 1 N–H and O–H groups in total. The Morgan fingerprint density at radius 1 is 1.10 bits per heavy atom. The second-order valence-corrected chi connectivity index (χ2v) is 8.12. The Hall–Kier alpha value is -3.19. The first kappa shape index (κ1) is 17.9. The van der Waals surface area contributed by atoms with E-state index in [9.17, 15) is 9.59 Å². The fourth-order valence-electron chi connectivity index (χ4n) is 3.79. The van der Waals surface area contributed by atoms with Crippen LogP contribution in [0.25, 0.3) is 33.1 Å². The normalized spacial score (nSPS) is 13.4. The van der Waals surface area contributed by atoms with Gasteiger partial charge in [-0.1, -0.05) is 12.1 Å². The van der Waals surface area contributed by atoms with Gasteiger partial charge in [0.05, 0.1) is 18.1 Å². The lowest BCUT2D eigenvalue weighted by atomic mass is 9.97. The molecule has 0 saturated heterocycles. The topological polar surface area (TPSA) is 85.2 Å². The lowest BCUT2D eigenvalue weighted by molar-refractivity contribution is 0.0600. The monoisotopic (exact) mass is 406 g/mol. The van der Waals surface area contributed by atoms with Crippen LogP contribution in [0.15, 0.2) is 45.6 Å². The van der Waals surface area contributed by atoms with Crippen LogP contribution in [-0.2, 0) is 17.6 Å². The third kappa shape index (κ3) is 3.07. The number of aromatic amines is 1. The zero-order valence-corrected chi connectivity index (χ0v) is 16.6. The number of aryl methyl sites for hydroxylation is 2. The second kappa shape index (κ2) is 7.00. The summed E-state index contributed by atoms with van der Waals surface area (Å²) < 4.78 is 10.7. The summed E-state index contributed by atoms with van der Waals surface area (Å²) in [6.45, 7) is 0. The van der Waals surface area contributed by atoms with E-state index in [4.69, 9.17) is 9.15 Å². The van der Waals surface area contributed by atoms with Crippen molar-refractivity contribution in [3.63, 3.8) is 0 Å². The van der Waals surface area contributed by atoms with Crippen LogP contribution in [0.3, 0.4) is 0 Å². The van der Waals surface area contributed by atoms with Crippen molar-refractivity contribution >= 4 is 27.5 Å². The van der Waals surface area contributed by atoms with Crippen molar-refractivity contribution in [3.8, 4) is 22.9 Å². The van der Waals surface area contributed by atoms with Crippen LogP contribution in [0.2, 0.25) is 0 Å². The summed E-state index contributed by atoms with van der Waals surface area (Å²) in [5, 5.41) is 0.735. The summed E-state index contributed by atoms with van der Waals surface area (Å²) in [7, 11) is 1.35. The van der Waals surface area contributed by atoms with E-state index in [2.05, 4.69) is 9.97 Å². The van der Waals surface area contributed by atoms with E-state index in [1.165, 1.54) is 24.0 Å². The maximum absolute atomic E-state index is 12.7. The van der Waals surface area contributed by atoms with Crippen molar-refractivity contribution < 1.29 is 13.9 Å². The highest BCUT2D eigenvalue weighted by atomic mass is 32.1. The van der Waals surface area contributed by atoms with Gasteiger partial charge in [0.15, 0.2) is 11.6 Å². The fourth-order valence-corrected chi connectivity index (χ4v) is 5.05. The summed E-state index contributed by atoms with van der Waals surface area (Å²) >= 11 is 1.62. The lowest BCUT2D eigenvalue weighted by Gasteiger charge is -2.09. The number of methoxy groups -OCH3 is 1. The van der Waals surface area contributed by atoms with Gasteiger partial charge in [0, 0.05) is 10.4 Å². The first-order chi connectivity index (χ1) is 14.1. The molecule has 1 aromatic carbocycles. The van der Waals surface area contributed by atoms with E-state index in [0.29, 0.717) is 22.9 Å². The fraction of sp³-hybridized carbons (Fsp3) is 0.227. The number of thiophene rings is 1. The Morgan fingerprint density at radius 2 is 1.86 bits per heavy atom. The first-order valence-electron chi connectivity index (χ1n) is 9.47. The molecule has 3 heterocycles. The number of rotatable bonds is 3. The van der Waals surface area contributed by atoms with Crippen molar-refractivity contribution in [1.82, 2.24) is 9.97 Å². The number of esters is 1. The number of hydrogen-bond donors (Lipinski definition) is 1. The molecular weight excluding hydrogens is 388 g/mol. The summed E-state index contributed by atoms with van der Waals surface area (Å²) in [4.78, 5) is 33.9. The molecular formula is C22H18N2O4S. The molecule has 146 valence electrons. The predicted molar refractivity (Wildman–Crippen MR) is 111 cm³/mol. The Morgan fingerprint density at radius 3 is 2.66 bits per heavy atom. The van der Waals surface area contributed by atoms with Crippen LogP contribution in [0.4, 0.5) is 0 Å². The number of ether oxygens (including phenoxy) is 1. The zero-order valence-electron chi connectivity index (χ0n) is 15.8. The summed E-state index contributed by atoms with van der Waals surface area (Å²) in [5.74, 6) is 1.18. The molecule has 0 aliphatic heterocycles. The minimum atomic E-state index is -0.384. The number of carbonyl (C=O) groups is 1. The van der Waals surface area contributed by atoms with Gasteiger partial charge in [-0.15, -0.1) is 11.3 Å². The van der Waals surface area contributed by atoms with Crippen LogP contribution in [0.5, 0.6) is 0 Å². The van der Waals surface area contributed by atoms with Gasteiger partial charge in [-0.2, -0.15) is 0 Å². The Labute approximate surface area is 170 Å². The van der Waals surface area contributed by atoms with Gasteiger partial charge in [0.1, 0.15) is 10.6 Å². The highest BCUT2D eigenvalue weighted by molar-refractivity contribution is 7.18. The molecule has 0 radical (unpaired) electrons. The smallest absolute Gasteiger partial charge is 0.337 e. The number of aromatic nitrogens is 2. The van der Waals surface area contributed by atoms with Crippen molar-refractivity contribution in [1.29, 1.82) is 0 Å². The molecule has 0 spiro atoms. The molecule has 0 saturated carbocycles. The van der Waals surface area contributed by atoms with Gasteiger partial charge < -0.3 is 14.1 Å². The SMILES string of the molecule is COC(=O)c1ccc(-c2ccc(-c3nc4sc5c(c4c(=O)[nH]3)CCCC5)o2)cc1. The van der Waals surface area contributed by atoms with Crippen LogP contribution in [-0.4, -0.2) is 23.0 Å². The van der Waals surface area contributed by atoms with Gasteiger partial charge in [-0.05, 0) is 55.5 Å². The molecule has 0 fully saturated rings. The average Bonchev–Trinajstić information content (AvgIpc) is 3.38. The number of nitrogens with one attached hydrogen (secondary N) is 1. The third-order valence-corrected chi connectivity index (χ3v) is 6.44. The van der Waals surface area contributed by atoms with Gasteiger partial charge in [-0.25, -0.2) is 9.78 Å². The van der Waals surface area contributed by atoms with Gasteiger partial charge in [-0.3, -0.25) is 4.79 Å². The van der Waals surface area contributed by atoms with Gasteiger partial charge in [0.25, 0.3) is 5.56 Å². The minimum Gasteiger partial charge on any atom is -0.465 e. The molecule has 29 heavy (non-hydrogen) atoms. The lowest BCUT2D eigenvalue weighted by Crippen LogP contribution is -2.11. The number of fused-ring (bicyclic) bond motifs is 3. The van der Waals surface area contributed by atoms with E-state index < -0.39 is 0 Å². The highest BCUT2D eigenvalue weighted by Crippen LogP contribution is 2.35. The van der Waals surface area contributed by atoms with Crippen LogP contribution in [0.1, 0.15) is 33.6 Å². The quantitative estimate of drug-likeness (QED) is 0.504. The Bertz CT molecular complexity index is 1280. The van der Waals surface area contributed by atoms with E-state index in [1.54, 1.807) is 41.7 Å². The molecule has 1 aliphatic rings. The highest BCUT2D eigenvalue weighted by Gasteiger charge is 2.21. The van der Waals surface area contributed by atoms with E-state index in [0.717, 1.165) is 35.0 Å². The van der Waals surface area contributed by atoms with Crippen molar-refractivity contribution in [2.45, 2.75) is 25.7 Å². The molecule has 1 aliphatic carbocycles. The molecule has 0 atom stereocenters. The third-order valence-electron chi connectivity index (χ3n) is 5.25.